The van der Waals surface area contributed by atoms with Crippen molar-refractivity contribution in [2.24, 2.45) is 5.41 Å². The quantitative estimate of drug-likeness (QED) is 0.209. The first-order chi connectivity index (χ1) is 22.3. The molecule has 0 saturated carbocycles. The number of aryl methyl sites for hydroxylation is 1. The predicted molar refractivity (Wildman–Crippen MR) is 179 cm³/mol. The number of carbonyl (C=O) groups is 2. The van der Waals surface area contributed by atoms with Crippen LogP contribution >= 0.6 is 11.6 Å². The molecular formula is C37H36ClFN6O2. The summed E-state index contributed by atoms with van der Waals surface area (Å²) in [5.41, 5.74) is 7.44. The van der Waals surface area contributed by atoms with Gasteiger partial charge in [-0.2, -0.15) is 10.2 Å². The van der Waals surface area contributed by atoms with E-state index in [-0.39, 0.29) is 41.1 Å². The molecule has 4 heterocycles. The fourth-order valence-corrected chi connectivity index (χ4v) is 8.72. The molecule has 8 nitrogen and oxygen atoms in total. The van der Waals surface area contributed by atoms with Crippen LogP contribution in [0.5, 0.6) is 0 Å². The lowest BCUT2D eigenvalue weighted by atomic mass is 9.69. The van der Waals surface area contributed by atoms with Gasteiger partial charge in [-0.3, -0.25) is 19.4 Å². The number of rotatable bonds is 3. The van der Waals surface area contributed by atoms with E-state index in [1.165, 1.54) is 12.1 Å². The van der Waals surface area contributed by atoms with Gasteiger partial charge in [-0.05, 0) is 61.9 Å². The molecule has 10 heteroatoms. The molecular weight excluding hydrogens is 615 g/mol. The van der Waals surface area contributed by atoms with Crippen LogP contribution in [0, 0.1) is 25.1 Å². The molecule has 47 heavy (non-hydrogen) atoms. The van der Waals surface area contributed by atoms with Crippen LogP contribution in [0.1, 0.15) is 91.9 Å². The number of anilines is 2. The number of nitrogens with one attached hydrogen (secondary N) is 3. The smallest absolute Gasteiger partial charge is 0.163 e. The number of aromatic amines is 1. The van der Waals surface area contributed by atoms with Gasteiger partial charge < -0.3 is 10.6 Å². The van der Waals surface area contributed by atoms with E-state index in [2.05, 4.69) is 41.6 Å². The Morgan fingerprint density at radius 1 is 0.830 bits per heavy atom. The Bertz CT molecular complexity index is 2090. The molecule has 240 valence electrons. The van der Waals surface area contributed by atoms with Crippen LogP contribution in [0.25, 0.3) is 0 Å². The van der Waals surface area contributed by atoms with Gasteiger partial charge in [0.15, 0.2) is 23.2 Å². The first-order valence-electron chi connectivity index (χ1n) is 16.1. The highest BCUT2D eigenvalue weighted by molar-refractivity contribution is 6.31. The average Bonchev–Trinajstić information content (AvgIpc) is 3.54. The van der Waals surface area contributed by atoms with Crippen molar-refractivity contribution >= 4 is 34.8 Å². The van der Waals surface area contributed by atoms with Gasteiger partial charge in [0, 0.05) is 81.2 Å². The molecule has 4 aromatic rings. The molecule has 3 unspecified atom stereocenters. The lowest BCUT2D eigenvalue weighted by molar-refractivity contribution is -0.119. The molecule has 4 aliphatic rings. The van der Waals surface area contributed by atoms with Gasteiger partial charge in [-0.1, -0.05) is 55.8 Å². The molecule has 0 amide bonds. The van der Waals surface area contributed by atoms with Gasteiger partial charge >= 0.3 is 0 Å². The van der Waals surface area contributed by atoms with E-state index < -0.39 is 5.54 Å². The van der Waals surface area contributed by atoms with Gasteiger partial charge in [-0.25, -0.2) is 4.39 Å². The molecule has 2 aliphatic heterocycles. The number of benzene rings is 2. The van der Waals surface area contributed by atoms with Crippen LogP contribution < -0.4 is 10.6 Å². The molecule has 0 fully saturated rings. The second-order valence-electron chi connectivity index (χ2n) is 14.6. The molecule has 2 aliphatic carbocycles. The standard InChI is InChI=1S/C37H36ClFN6O2/c1-18-28-30(20-10-12-21(39)13-11-20)32-25(40-34(28)43-42-18)15-37(5,17-27(32)47)45-19(2)29-31(22-8-6-7-9-23(22)38)33-24(41-35(29)44-45)14-36(3,4)16-26(33)46/h6-13,30-31H,14-17H2,1-5H3,(H,41,44)(H2,40,42,43). The summed E-state index contributed by atoms with van der Waals surface area (Å²) in [6, 6.07) is 14.1. The van der Waals surface area contributed by atoms with Gasteiger partial charge in [0.2, 0.25) is 0 Å². The first-order valence-corrected chi connectivity index (χ1v) is 16.4. The van der Waals surface area contributed by atoms with E-state index in [1.807, 2.05) is 42.8 Å². The summed E-state index contributed by atoms with van der Waals surface area (Å²) in [6.45, 7) is 10.2. The number of H-pyrrole nitrogens is 1. The van der Waals surface area contributed by atoms with Crippen molar-refractivity contribution < 1.29 is 14.0 Å². The number of hydrogen-bond acceptors (Lipinski definition) is 6. The third-order valence-corrected chi connectivity index (χ3v) is 10.8. The van der Waals surface area contributed by atoms with Crippen molar-refractivity contribution in [2.45, 2.75) is 77.7 Å². The fourth-order valence-electron chi connectivity index (χ4n) is 8.47. The number of Topliss-reactive ketones (excluding diaryl/α,β-unsaturated/α-hetero) is 2. The van der Waals surface area contributed by atoms with E-state index >= 15 is 0 Å². The van der Waals surface area contributed by atoms with Crippen LogP contribution in [0.4, 0.5) is 16.0 Å². The molecule has 3 N–H and O–H groups in total. The van der Waals surface area contributed by atoms with Crippen molar-refractivity contribution in [3.05, 3.63) is 116 Å². The largest absolute Gasteiger partial charge is 0.342 e. The van der Waals surface area contributed by atoms with Gasteiger partial charge in [0.1, 0.15) is 5.82 Å². The van der Waals surface area contributed by atoms with Crippen molar-refractivity contribution in [2.75, 3.05) is 10.6 Å². The molecule has 8 rings (SSSR count). The number of carbonyl (C=O) groups excluding carboxylic acids is 2. The highest BCUT2D eigenvalue weighted by Crippen LogP contribution is 2.53. The Kier molecular flexibility index (Phi) is 6.51. The van der Waals surface area contributed by atoms with Crippen LogP contribution in [-0.4, -0.2) is 31.5 Å². The zero-order valence-electron chi connectivity index (χ0n) is 27.0. The summed E-state index contributed by atoms with van der Waals surface area (Å²) in [7, 11) is 0. The normalized spacial score (nSPS) is 24.7. The maximum absolute atomic E-state index is 14.4. The zero-order valence-corrected chi connectivity index (χ0v) is 27.8. The SMILES string of the molecule is Cc1[nH]nc2c1C(c1ccc(F)cc1)C1=C(CC(C)(n3nc4c(c3C)C(c3ccccc3Cl)C3=C(CC(C)(C)CC3=O)N4)CC1=O)N2. The topological polar surface area (TPSA) is 105 Å². The second kappa shape index (κ2) is 10.2. The van der Waals surface area contributed by atoms with Gasteiger partial charge in [0.05, 0.1) is 5.54 Å². The molecule has 0 saturated heterocycles. The minimum absolute atomic E-state index is 0.000318. The number of nitrogens with zero attached hydrogens (tertiary/aromatic N) is 3. The average molecular weight is 651 g/mol. The van der Waals surface area contributed by atoms with Crippen molar-refractivity contribution in [3.8, 4) is 0 Å². The molecule has 0 bridgehead atoms. The third-order valence-electron chi connectivity index (χ3n) is 10.4. The Morgan fingerprint density at radius 3 is 2.23 bits per heavy atom. The molecule has 2 aromatic heterocycles. The maximum atomic E-state index is 14.4. The van der Waals surface area contributed by atoms with Crippen molar-refractivity contribution in [3.63, 3.8) is 0 Å². The minimum atomic E-state index is -0.725. The van der Waals surface area contributed by atoms with Gasteiger partial charge in [-0.15, -0.1) is 0 Å². The van der Waals surface area contributed by atoms with Crippen LogP contribution in [-0.2, 0) is 15.1 Å². The Labute approximate surface area is 277 Å². The summed E-state index contributed by atoms with van der Waals surface area (Å²) >= 11 is 6.84. The number of fused-ring (bicyclic) bond motifs is 2. The third kappa shape index (κ3) is 4.53. The molecule has 0 radical (unpaired) electrons. The summed E-state index contributed by atoms with van der Waals surface area (Å²) in [6.07, 6.45) is 1.88. The summed E-state index contributed by atoms with van der Waals surface area (Å²) < 4.78 is 15.9. The zero-order chi connectivity index (χ0) is 33.0. The Balaban J connectivity index is 1.25. The number of allylic oxidation sites excluding steroid dienone is 4. The van der Waals surface area contributed by atoms with Gasteiger partial charge in [0.25, 0.3) is 0 Å². The fraction of sp³-hybridized carbons (Fsp3) is 0.351. The maximum Gasteiger partial charge on any atom is 0.163 e. The van der Waals surface area contributed by atoms with Crippen LogP contribution in [0.2, 0.25) is 5.02 Å². The number of aromatic nitrogens is 4. The van der Waals surface area contributed by atoms with Crippen LogP contribution in [0.15, 0.2) is 71.1 Å². The minimum Gasteiger partial charge on any atom is -0.342 e. The van der Waals surface area contributed by atoms with E-state index in [0.29, 0.717) is 41.5 Å². The lowest BCUT2D eigenvalue weighted by Crippen LogP contribution is -2.42. The summed E-state index contributed by atoms with van der Waals surface area (Å²) in [4.78, 5) is 28.2. The summed E-state index contributed by atoms with van der Waals surface area (Å²) in [5.74, 6) is 0.394. The van der Waals surface area contributed by atoms with E-state index in [4.69, 9.17) is 16.7 Å². The molecule has 0 spiro atoms. The highest BCUT2D eigenvalue weighted by atomic mass is 35.5. The Hall–Kier alpha value is -4.50. The Morgan fingerprint density at radius 2 is 1.49 bits per heavy atom. The molecule has 3 atom stereocenters. The summed E-state index contributed by atoms with van der Waals surface area (Å²) in [5, 5.41) is 20.4. The van der Waals surface area contributed by atoms with E-state index in [1.54, 1.807) is 12.1 Å². The lowest BCUT2D eigenvalue weighted by Gasteiger charge is -2.40. The van der Waals surface area contributed by atoms with E-state index in [9.17, 15) is 14.0 Å². The molecule has 2 aromatic carbocycles. The second-order valence-corrected chi connectivity index (χ2v) is 15.0. The predicted octanol–water partition coefficient (Wildman–Crippen LogP) is 7.81. The van der Waals surface area contributed by atoms with E-state index in [0.717, 1.165) is 50.6 Å². The number of hydrogen-bond donors (Lipinski definition) is 3. The highest BCUT2D eigenvalue weighted by Gasteiger charge is 2.48. The van der Waals surface area contributed by atoms with Crippen molar-refractivity contribution in [1.82, 2.24) is 20.0 Å². The van der Waals surface area contributed by atoms with Crippen LogP contribution in [0.3, 0.4) is 0 Å². The van der Waals surface area contributed by atoms with Crippen molar-refractivity contribution in [1.29, 1.82) is 0 Å². The number of ketones is 2. The first kappa shape index (κ1) is 29.9. The monoisotopic (exact) mass is 650 g/mol. The number of halogens is 2.